The Balaban J connectivity index is 0.689. The molecule has 1 aromatic carbocycles. The van der Waals surface area contributed by atoms with E-state index in [1.165, 1.54) is 7.11 Å². The summed E-state index contributed by atoms with van der Waals surface area (Å²) in [5.74, 6) is -21.3. The van der Waals surface area contributed by atoms with Crippen molar-refractivity contribution < 1.29 is 185 Å². The first-order valence-electron chi connectivity index (χ1n) is 47.7. The first kappa shape index (κ1) is 101. The number of rotatable bonds is 26. The van der Waals surface area contributed by atoms with E-state index in [1.54, 1.807) is 190 Å². The average molecular weight is 1960 g/mol. The van der Waals surface area contributed by atoms with Crippen molar-refractivity contribution in [3.8, 4) is 0 Å². The largest absolute Gasteiger partial charge is 0.469 e. The molecule has 0 saturated carbocycles. The van der Waals surface area contributed by atoms with E-state index in [4.69, 9.17) is 152 Å². The average Bonchev–Trinajstić information content (AvgIpc) is 1.55. The lowest BCUT2D eigenvalue weighted by atomic mass is 9.93. The monoisotopic (exact) mass is 1960 g/mol. The van der Waals surface area contributed by atoms with Gasteiger partial charge in [-0.2, -0.15) is 0 Å². The van der Waals surface area contributed by atoms with Gasteiger partial charge in [-0.3, -0.25) is 34.1 Å². The second-order valence-electron chi connectivity index (χ2n) is 44.7. The van der Waals surface area contributed by atoms with Crippen LogP contribution in [0.4, 0.5) is 4.79 Å². The lowest BCUT2D eigenvalue weighted by molar-refractivity contribution is -0.243. The summed E-state index contributed by atoms with van der Waals surface area (Å²) < 4.78 is 211. The van der Waals surface area contributed by atoms with Crippen molar-refractivity contribution >= 4 is 41.6 Å². The predicted molar refractivity (Wildman–Crippen MR) is 458 cm³/mol. The van der Waals surface area contributed by atoms with Crippen molar-refractivity contribution in [1.82, 2.24) is 31.9 Å². The molecule has 18 heterocycles. The molecule has 6 amide bonds. The van der Waals surface area contributed by atoms with Crippen molar-refractivity contribution in [2.75, 3.05) is 46.8 Å². The van der Waals surface area contributed by atoms with Gasteiger partial charge in [-0.25, -0.2) is 4.79 Å². The molecule has 19 rings (SSSR count). The summed E-state index contributed by atoms with van der Waals surface area (Å²) >= 11 is 0. The molecule has 18 aliphatic heterocycles. The van der Waals surface area contributed by atoms with E-state index in [0.717, 1.165) is 0 Å². The zero-order chi connectivity index (χ0) is 99.1. The summed E-state index contributed by atoms with van der Waals surface area (Å²) in [6.45, 7) is 39.9. The number of fused-ring (bicyclic) bond motifs is 6. The van der Waals surface area contributed by atoms with Crippen LogP contribution in [0.15, 0.2) is 30.3 Å². The number of nitrogens with one attached hydrogen (secondary N) is 6. The second-order valence-corrected chi connectivity index (χ2v) is 44.7. The number of methoxy groups -OCH3 is 1. The van der Waals surface area contributed by atoms with Gasteiger partial charge in [0, 0.05) is 0 Å². The van der Waals surface area contributed by atoms with Crippen LogP contribution >= 0.6 is 0 Å². The van der Waals surface area contributed by atoms with Gasteiger partial charge in [-0.1, -0.05) is 30.3 Å². The van der Waals surface area contributed by atoms with E-state index < -0.39 is 330 Å². The van der Waals surface area contributed by atoms with Crippen molar-refractivity contribution in [3.05, 3.63) is 35.9 Å². The Morgan fingerprint density at radius 3 is 0.630 bits per heavy atom. The highest BCUT2D eigenvalue weighted by atomic mass is 16.9. The fraction of sp³-hybridized carbons (Fsp3) is 0.860. The maximum Gasteiger partial charge on any atom is 0.409 e. The lowest BCUT2D eigenvalue weighted by Gasteiger charge is -2.41. The van der Waals surface area contributed by atoms with Crippen molar-refractivity contribution in [2.45, 2.75) is 462 Å². The molecule has 18 saturated heterocycles. The number of amides is 6. The Bertz CT molecular complexity index is 4740. The Labute approximate surface area is 799 Å². The van der Waals surface area contributed by atoms with E-state index in [1.807, 2.05) is 6.07 Å². The van der Waals surface area contributed by atoms with Crippen LogP contribution in [-0.4, -0.2) is 339 Å². The van der Waals surface area contributed by atoms with E-state index in [9.17, 15) is 9.59 Å². The van der Waals surface area contributed by atoms with E-state index in [0.29, 0.717) is 5.56 Å². The highest BCUT2D eigenvalue weighted by Gasteiger charge is 2.77. The molecule has 30 atom stereocenters. The lowest BCUT2D eigenvalue weighted by Crippen LogP contribution is -2.66. The van der Waals surface area contributed by atoms with Gasteiger partial charge in [0.05, 0.1) is 85.3 Å². The molecule has 0 spiro atoms. The van der Waals surface area contributed by atoms with Crippen LogP contribution in [0.5, 0.6) is 0 Å². The number of hydrogen-bond acceptors (Lipinski definition) is 39. The van der Waals surface area contributed by atoms with Crippen molar-refractivity contribution in [2.24, 2.45) is 0 Å². The van der Waals surface area contributed by atoms with Gasteiger partial charge in [0.1, 0.15) is 153 Å². The van der Waals surface area contributed by atoms with Crippen LogP contribution in [-0.2, 0) is 187 Å². The fourth-order valence-corrected chi connectivity index (χ4v) is 23.1. The number of hydrogen-bond donors (Lipinski definition) is 6. The molecule has 6 N–H and O–H groups in total. The molecule has 0 unspecified atom stereocenters. The fourth-order valence-electron chi connectivity index (χ4n) is 23.1. The Morgan fingerprint density at radius 2 is 0.442 bits per heavy atom. The molecule has 18 fully saturated rings. The van der Waals surface area contributed by atoms with Crippen LogP contribution in [0.25, 0.3) is 0 Å². The molecule has 138 heavy (non-hydrogen) atoms. The minimum Gasteiger partial charge on any atom is -0.469 e. The molecule has 772 valence electrons. The third-order valence-corrected chi connectivity index (χ3v) is 28.0. The highest BCUT2D eigenvalue weighted by Crippen LogP contribution is 2.57. The molecular formula is C93H136N6O39. The van der Waals surface area contributed by atoms with Crippen LogP contribution in [0.3, 0.4) is 0 Å². The zero-order valence-corrected chi connectivity index (χ0v) is 82.9. The van der Waals surface area contributed by atoms with Gasteiger partial charge in [0.15, 0.2) is 104 Å². The summed E-state index contributed by atoms with van der Waals surface area (Å²) in [4.78, 5) is 112. The van der Waals surface area contributed by atoms with E-state index in [-0.39, 0.29) is 46.2 Å². The summed E-state index contributed by atoms with van der Waals surface area (Å²) in [6.07, 6.45) is -33.8. The standard InChI is InChI=1S/C93H136N6O39/c1-76(2)109-38-45(115-76)57-63-69(133-82(13,14)121-63)88(127-57,95-53(102)33-90(71-65(123-84(17,18)135-71)59(129-90)47-40-111-78(5,6)117-47)97-55(104)35-92(99-75(106)108-37-44-29-27-26-28-30-44)73-67(125-86(21,22)137-73)61(131-92)49-42-113-80(9,10)119-49)31-51(100)94-89(70-64(122-83(15,16)134-70)58(128-89)46-39-110-77(3,4)116-46)32-52(101)96-91(72-66(124-85(19,20)136-72)60(130-91)48-41-112-79(7,8)118-48)34-54(103)98-93(36-56(105)107-25)74-68(126-87(23,24)138-74)62(132-93)50-43-114-81(11,12)120-50/h26-30,45-50,57-74H,31-43H2,1-25H3,(H,94,100)(H,95,102)(H,96,101)(H,97,104)(H,98,103)(H,99,106)/t45-,46-,47-,48-,49-,50-,57-,58-,59-,60-,61-,62-,63+,64+,65+,66+,67+,68+,69+,70+,71+,72+,73+,74+,88+,89+,90+,91+,92+,93+/m1/s1. The number of esters is 1. The smallest absolute Gasteiger partial charge is 0.409 e. The Kier molecular flexibility index (Phi) is 25.1. The van der Waals surface area contributed by atoms with Crippen molar-refractivity contribution in [1.29, 1.82) is 0 Å². The van der Waals surface area contributed by atoms with Crippen molar-refractivity contribution in [3.63, 3.8) is 0 Å². The minimum atomic E-state index is -2.45. The summed E-state index contributed by atoms with van der Waals surface area (Å²) in [5.41, 5.74) is -13.3. The summed E-state index contributed by atoms with van der Waals surface area (Å²) in [6, 6.07) is 8.91. The quantitative estimate of drug-likeness (QED) is 0.0721. The number of benzene rings is 1. The SMILES string of the molecule is COC(=O)C[C@]1(NC(=O)C[C@]2(NC(=O)C[C@]3(NC(=O)C[C@]4(NC(=O)C[C@]5(NC(=O)C[C@]6(NC(=O)OCc7ccccc7)O[C@H]([C@H]7COC(C)(C)O7)[C@@H]7OC(C)(C)O[C@@H]76)O[C@H]([C@H]6COC(C)(C)O6)[C@@H]6OC(C)(C)O[C@@H]65)O[C@H]([C@H]5COC(C)(C)O5)[C@@H]5OC(C)(C)O[C@@H]54)O[C@H]([C@H]4COC(C)(C)O4)[C@@H]4OC(C)(C)O[C@@H]43)O[C@H]([C@H]3COC(C)(C)O3)[C@@H]3OC(C)(C)O[C@@H]32)O[C@H]([C@H]2COC(C)(C)O2)[C@@H]2OC(C)(C)O[C@@H]21. The number of ether oxygens (including phenoxy) is 32. The minimum absolute atomic E-state index is 0.00390. The molecule has 18 aliphatic rings. The third-order valence-electron chi connectivity index (χ3n) is 28.0. The van der Waals surface area contributed by atoms with Crippen LogP contribution in [0.2, 0.25) is 0 Å². The molecule has 1 aromatic rings. The molecule has 0 bridgehead atoms. The van der Waals surface area contributed by atoms with Crippen LogP contribution in [0.1, 0.15) is 210 Å². The Hall–Kier alpha value is -5.89. The number of alkyl carbamates (subject to hydrolysis) is 1. The van der Waals surface area contributed by atoms with Crippen LogP contribution < -0.4 is 31.9 Å². The van der Waals surface area contributed by atoms with Gasteiger partial charge in [0.2, 0.25) is 29.5 Å². The second kappa shape index (κ2) is 34.4. The molecule has 0 aromatic heterocycles. The summed E-state index contributed by atoms with van der Waals surface area (Å²) in [5, 5.41) is 18.3. The third kappa shape index (κ3) is 19.5. The van der Waals surface area contributed by atoms with Gasteiger partial charge >= 0.3 is 12.1 Å². The van der Waals surface area contributed by atoms with Gasteiger partial charge in [-0.15, -0.1) is 0 Å². The first-order valence-corrected chi connectivity index (χ1v) is 47.7. The topological polar surface area (TPSA) is 487 Å². The summed E-state index contributed by atoms with van der Waals surface area (Å²) in [7, 11) is 1.18. The molecule has 0 radical (unpaired) electrons. The molecule has 0 aliphatic carbocycles. The van der Waals surface area contributed by atoms with E-state index in [2.05, 4.69) is 31.9 Å². The number of carbonyl (C=O) groups is 7. The molecule has 45 nitrogen and oxygen atoms in total. The highest BCUT2D eigenvalue weighted by molar-refractivity contribution is 5.86. The van der Waals surface area contributed by atoms with Gasteiger partial charge < -0.3 is 178 Å². The maximum absolute atomic E-state index is 17.0. The zero-order valence-electron chi connectivity index (χ0n) is 82.9. The first-order chi connectivity index (χ1) is 64.0. The molecule has 45 heteroatoms. The Morgan fingerprint density at radius 1 is 0.246 bits per heavy atom. The van der Waals surface area contributed by atoms with Gasteiger partial charge in [0.25, 0.3) is 0 Å². The maximum atomic E-state index is 17.0. The predicted octanol–water partition coefficient (Wildman–Crippen LogP) is 3.61. The van der Waals surface area contributed by atoms with Gasteiger partial charge in [-0.05, 0) is 172 Å². The van der Waals surface area contributed by atoms with Crippen LogP contribution in [0, 0.1) is 0 Å². The van der Waals surface area contributed by atoms with E-state index >= 15 is 24.0 Å². The molecular weight excluding hydrogens is 1830 g/mol. The normalized spacial score (nSPS) is 44.8. The number of carbonyl (C=O) groups excluding carboxylic acids is 7.